The molecule has 0 aromatic heterocycles. The van der Waals surface area contributed by atoms with Crippen molar-refractivity contribution >= 4 is 15.2 Å². The second-order valence-corrected chi connectivity index (χ2v) is 24.8. The van der Waals surface area contributed by atoms with Gasteiger partial charge >= 0.3 is 0 Å². The third-order valence-electron chi connectivity index (χ3n) is 9.53. The van der Waals surface area contributed by atoms with Crippen molar-refractivity contribution in [2.75, 3.05) is 84.6 Å². The van der Waals surface area contributed by atoms with Crippen LogP contribution in [0.5, 0.6) is 5.75 Å². The Bertz CT molecular complexity index is 1290. The summed E-state index contributed by atoms with van der Waals surface area (Å²) in [7, 11) is 17.0. The van der Waals surface area contributed by atoms with Gasteiger partial charge in [0.05, 0.1) is 0 Å². The minimum atomic E-state index is -2.44. The second-order valence-electron chi connectivity index (χ2n) is 17.9. The average Bonchev–Trinajstić information content (AvgIpc) is 3.12. The molecular formula is C40H81N6O3P2Sm. The Morgan fingerprint density at radius 3 is 0.750 bits per heavy atom. The van der Waals surface area contributed by atoms with E-state index in [0.717, 1.165) is 11.1 Å². The van der Waals surface area contributed by atoms with Crippen molar-refractivity contribution in [3.05, 3.63) is 57.0 Å². The SMILES string of the molecule is CC(C)(C)c1cc(C(C)(C)C)c(O)c(C(C)(C)C)c1.CN(C)P(=O)(N(C)C)N(C)C.CN(C)P(=O)(N(C)C)N(C)C.C[C]1C(C)=C(C)C(C)=C1C.[Sm]. The molecule has 0 unspecified atom stereocenters. The molecule has 0 bridgehead atoms. The molecule has 2 rings (SSSR count). The summed E-state index contributed by atoms with van der Waals surface area (Å²) in [5.74, 6) is 1.93. The van der Waals surface area contributed by atoms with Crippen LogP contribution in [0, 0.1) is 46.3 Å². The molecule has 1 aliphatic rings. The first kappa shape index (κ1) is 56.4. The summed E-state index contributed by atoms with van der Waals surface area (Å²) in [6.45, 7) is 30.6. The summed E-state index contributed by atoms with van der Waals surface area (Å²) in [5.41, 5.74) is 9.24. The minimum absolute atomic E-state index is 0. The normalized spacial score (nSPS) is 14.8. The number of allylic oxidation sites excluding steroid dienone is 4. The van der Waals surface area contributed by atoms with Crippen LogP contribution in [0.25, 0.3) is 0 Å². The molecule has 0 saturated carbocycles. The first-order valence-corrected chi connectivity index (χ1v) is 20.9. The maximum absolute atomic E-state index is 12.1. The van der Waals surface area contributed by atoms with Crippen molar-refractivity contribution in [2.24, 2.45) is 0 Å². The van der Waals surface area contributed by atoms with Crippen molar-refractivity contribution in [3.8, 4) is 5.75 Å². The fourth-order valence-corrected chi connectivity index (χ4v) is 10.1. The molecule has 0 fully saturated rings. The van der Waals surface area contributed by atoms with Crippen LogP contribution in [0.3, 0.4) is 0 Å². The predicted octanol–water partition coefficient (Wildman–Crippen LogP) is 10.1. The van der Waals surface area contributed by atoms with Crippen LogP contribution in [-0.4, -0.2) is 118 Å². The van der Waals surface area contributed by atoms with Crippen molar-refractivity contribution in [1.29, 1.82) is 0 Å². The van der Waals surface area contributed by atoms with E-state index in [0.29, 0.717) is 5.75 Å². The summed E-state index contributed by atoms with van der Waals surface area (Å²) in [5, 5.41) is 10.7. The smallest absolute Gasteiger partial charge is 0.285 e. The molecule has 0 heterocycles. The number of rotatable bonds is 6. The number of hydrogen-bond acceptors (Lipinski definition) is 3. The first-order valence-electron chi connectivity index (χ1n) is 17.8. The standard InChI is InChI=1S/C18H30O.C10H15.2C6H18N3OP.Sm/c1-16(2,3)12-10-13(17(4,5)6)15(19)14(11-12)18(7,8)9;1-6-7(2)9(4)10(5)8(6)3;2*1-7(2)11(10,8(3)4)9(5)6;/h10-11,19H,1-9H3;1-5H3;2*1-6H3;. The molecule has 12 heteroatoms. The molecule has 1 aromatic rings. The van der Waals surface area contributed by atoms with Gasteiger partial charge in [-0.15, -0.1) is 0 Å². The van der Waals surface area contributed by atoms with Crippen LogP contribution < -0.4 is 0 Å². The number of hydrogen-bond donors (Lipinski definition) is 1. The van der Waals surface area contributed by atoms with E-state index in [2.05, 4.69) is 109 Å². The molecule has 0 spiro atoms. The molecule has 52 heavy (non-hydrogen) atoms. The van der Waals surface area contributed by atoms with Crippen LogP contribution >= 0.6 is 15.2 Å². The first-order chi connectivity index (χ1) is 22.5. The van der Waals surface area contributed by atoms with Gasteiger partial charge in [0.25, 0.3) is 15.2 Å². The molecule has 0 atom stereocenters. The van der Waals surface area contributed by atoms with E-state index in [1.807, 2.05) is 84.6 Å². The van der Waals surface area contributed by atoms with Crippen molar-refractivity contribution in [1.82, 2.24) is 28.0 Å². The molecule has 305 valence electrons. The van der Waals surface area contributed by atoms with Crippen LogP contribution in [-0.2, 0) is 25.4 Å². The Morgan fingerprint density at radius 2 is 0.654 bits per heavy atom. The molecule has 1 radical (unpaired) electrons. The van der Waals surface area contributed by atoms with E-state index >= 15 is 0 Å². The molecule has 0 aliphatic heterocycles. The molecular weight excluding hydrogens is 825 g/mol. The average molecular weight is 906 g/mol. The van der Waals surface area contributed by atoms with Crippen LogP contribution in [0.1, 0.15) is 114 Å². The quantitative estimate of drug-likeness (QED) is 0.281. The zero-order chi connectivity index (χ0) is 41.6. The van der Waals surface area contributed by atoms with E-state index in [-0.39, 0.29) is 56.6 Å². The van der Waals surface area contributed by atoms with E-state index in [9.17, 15) is 14.2 Å². The van der Waals surface area contributed by atoms with Gasteiger partial charge in [0.1, 0.15) is 5.75 Å². The van der Waals surface area contributed by atoms with Crippen LogP contribution in [0.2, 0.25) is 0 Å². The van der Waals surface area contributed by atoms with Gasteiger partial charge in [-0.1, -0.05) is 92.5 Å². The second kappa shape index (κ2) is 21.5. The molecule has 0 saturated heterocycles. The van der Waals surface area contributed by atoms with Crippen molar-refractivity contribution in [2.45, 2.75) is 113 Å². The number of phenols is 1. The van der Waals surface area contributed by atoms with Gasteiger partial charge in [-0.3, -0.25) is 9.13 Å². The molecule has 1 aromatic carbocycles. The van der Waals surface area contributed by atoms with Crippen LogP contribution in [0.4, 0.5) is 0 Å². The van der Waals surface area contributed by atoms with Crippen molar-refractivity contribution in [3.63, 3.8) is 0 Å². The van der Waals surface area contributed by atoms with Gasteiger partial charge in [-0.25, -0.2) is 28.0 Å². The number of phenolic OH excluding ortho intramolecular Hbond substituents is 1. The van der Waals surface area contributed by atoms with Crippen molar-refractivity contribution < 1.29 is 54.6 Å². The molecule has 0 amide bonds. The summed E-state index contributed by atoms with van der Waals surface area (Å²) in [6, 6.07) is 4.34. The number of benzene rings is 1. The zero-order valence-electron chi connectivity index (χ0n) is 38.4. The Balaban J connectivity index is -0.000000638. The van der Waals surface area contributed by atoms with Gasteiger partial charge in [0.15, 0.2) is 0 Å². The monoisotopic (exact) mass is 908 g/mol. The van der Waals surface area contributed by atoms with Gasteiger partial charge in [-0.05, 0) is 156 Å². The molecule has 1 N–H and O–H groups in total. The Morgan fingerprint density at radius 1 is 0.442 bits per heavy atom. The van der Waals surface area contributed by atoms with Crippen LogP contribution in [0.15, 0.2) is 34.4 Å². The van der Waals surface area contributed by atoms with Gasteiger partial charge in [0, 0.05) is 46.3 Å². The summed E-state index contributed by atoms with van der Waals surface area (Å²) >= 11 is 0. The van der Waals surface area contributed by atoms with E-state index in [4.69, 9.17) is 0 Å². The largest absolute Gasteiger partial charge is 0.507 e. The van der Waals surface area contributed by atoms with E-state index < -0.39 is 15.2 Å². The van der Waals surface area contributed by atoms with Gasteiger partial charge < -0.3 is 5.11 Å². The predicted molar refractivity (Wildman–Crippen MR) is 227 cm³/mol. The Hall–Kier alpha value is 0.0577. The minimum Gasteiger partial charge on any atom is -0.507 e. The molecule has 1 aliphatic carbocycles. The number of nitrogens with zero attached hydrogens (tertiary/aromatic N) is 6. The van der Waals surface area contributed by atoms with Gasteiger partial charge in [-0.2, -0.15) is 0 Å². The Labute approximate surface area is 355 Å². The van der Waals surface area contributed by atoms with Gasteiger partial charge in [0.2, 0.25) is 0 Å². The molecule has 9 nitrogen and oxygen atoms in total. The number of aromatic hydroxyl groups is 1. The Kier molecular flexibility index (Phi) is 23.4. The summed E-state index contributed by atoms with van der Waals surface area (Å²) in [4.78, 5) is 0. The maximum Gasteiger partial charge on any atom is 0.285 e. The van der Waals surface area contributed by atoms with E-state index in [1.165, 1.54) is 33.8 Å². The summed E-state index contributed by atoms with van der Waals surface area (Å²) < 4.78 is 34.6. The van der Waals surface area contributed by atoms with E-state index in [1.54, 1.807) is 28.0 Å². The third kappa shape index (κ3) is 14.9. The fraction of sp³-hybridized carbons (Fsp3) is 0.725. The topological polar surface area (TPSA) is 73.8 Å². The maximum atomic E-state index is 12.1. The third-order valence-corrected chi connectivity index (χ3v) is 15.8. The zero-order valence-corrected chi connectivity index (χ0v) is 42.8. The fourth-order valence-electron chi connectivity index (χ4n) is 5.76. The summed E-state index contributed by atoms with van der Waals surface area (Å²) in [6.07, 6.45) is 0.